The Bertz CT molecular complexity index is 861. The Kier molecular flexibility index (Phi) is 5.38. The number of primary amides is 1. The molecular formula is C21H28FNO4S. The quantitative estimate of drug-likeness (QED) is 0.711. The average molecular weight is 410 g/mol. The fourth-order valence-corrected chi connectivity index (χ4v) is 6.54. The molecule has 0 aliphatic heterocycles. The van der Waals surface area contributed by atoms with Gasteiger partial charge in [-0.1, -0.05) is 12.8 Å². The topological polar surface area (TPSA) is 86.5 Å². The first-order valence-corrected chi connectivity index (χ1v) is 12.0. The van der Waals surface area contributed by atoms with Crippen LogP contribution >= 0.6 is 0 Å². The molecule has 1 aromatic carbocycles. The van der Waals surface area contributed by atoms with Crippen LogP contribution in [0.15, 0.2) is 12.1 Å². The molecule has 0 radical (unpaired) electrons. The van der Waals surface area contributed by atoms with Crippen molar-refractivity contribution in [1.29, 1.82) is 0 Å². The molecule has 5 nitrogen and oxygen atoms in total. The van der Waals surface area contributed by atoms with E-state index in [1.165, 1.54) is 12.1 Å². The largest absolute Gasteiger partial charge is 0.493 e. The lowest BCUT2D eigenvalue weighted by Gasteiger charge is -2.31. The van der Waals surface area contributed by atoms with Gasteiger partial charge in [-0.2, -0.15) is 0 Å². The normalized spacial score (nSPS) is 25.5. The molecule has 2 unspecified atom stereocenters. The fourth-order valence-electron chi connectivity index (χ4n) is 4.38. The zero-order chi connectivity index (χ0) is 19.9. The predicted octanol–water partition coefficient (Wildman–Crippen LogP) is 3.56. The highest BCUT2D eigenvalue weighted by Crippen LogP contribution is 2.45. The molecule has 1 aromatic rings. The Labute approximate surface area is 165 Å². The minimum Gasteiger partial charge on any atom is -0.493 e. The van der Waals surface area contributed by atoms with Crippen molar-refractivity contribution < 1.29 is 22.3 Å². The van der Waals surface area contributed by atoms with Crippen LogP contribution in [0.4, 0.5) is 4.39 Å². The molecule has 2 N–H and O–H groups in total. The van der Waals surface area contributed by atoms with Crippen molar-refractivity contribution in [1.82, 2.24) is 0 Å². The van der Waals surface area contributed by atoms with Gasteiger partial charge in [-0.3, -0.25) is 4.79 Å². The van der Waals surface area contributed by atoms with Crippen LogP contribution in [0.1, 0.15) is 73.2 Å². The molecule has 3 saturated carbocycles. The van der Waals surface area contributed by atoms with E-state index in [0.717, 1.165) is 56.9 Å². The summed E-state index contributed by atoms with van der Waals surface area (Å²) in [5.74, 6) is -0.167. The molecule has 1 amide bonds. The SMILES string of the molecule is NC(=O)c1cc(C2CC2)c(OCC2CCCCC2CS(=O)(=O)C2CC2)cc1F. The number of halogens is 1. The second-order valence-corrected chi connectivity index (χ2v) is 11.0. The molecule has 7 heteroatoms. The van der Waals surface area contributed by atoms with Crippen LogP contribution in [0.2, 0.25) is 0 Å². The predicted molar refractivity (Wildman–Crippen MR) is 105 cm³/mol. The molecule has 0 aromatic heterocycles. The molecule has 0 heterocycles. The third-order valence-electron chi connectivity index (χ3n) is 6.38. The summed E-state index contributed by atoms with van der Waals surface area (Å²) >= 11 is 0. The maximum atomic E-state index is 14.3. The monoisotopic (exact) mass is 409 g/mol. The molecule has 3 aliphatic carbocycles. The molecule has 2 atom stereocenters. The van der Waals surface area contributed by atoms with Crippen LogP contribution < -0.4 is 10.5 Å². The zero-order valence-corrected chi connectivity index (χ0v) is 16.8. The van der Waals surface area contributed by atoms with Gasteiger partial charge in [0.15, 0.2) is 9.84 Å². The van der Waals surface area contributed by atoms with E-state index in [1.807, 2.05) is 0 Å². The summed E-state index contributed by atoms with van der Waals surface area (Å²) < 4.78 is 45.2. The van der Waals surface area contributed by atoms with Crippen LogP contribution in [-0.2, 0) is 9.84 Å². The summed E-state index contributed by atoms with van der Waals surface area (Å²) in [6.07, 6.45) is 7.54. The number of rotatable bonds is 8. The van der Waals surface area contributed by atoms with E-state index in [2.05, 4.69) is 0 Å². The molecule has 3 fully saturated rings. The van der Waals surface area contributed by atoms with Crippen LogP contribution in [0.3, 0.4) is 0 Å². The number of nitrogens with two attached hydrogens (primary N) is 1. The van der Waals surface area contributed by atoms with E-state index in [9.17, 15) is 17.6 Å². The van der Waals surface area contributed by atoms with Gasteiger partial charge in [-0.25, -0.2) is 12.8 Å². The van der Waals surface area contributed by atoms with E-state index < -0.39 is 21.6 Å². The molecule has 0 spiro atoms. The second-order valence-electron chi connectivity index (χ2n) is 8.65. The highest BCUT2D eigenvalue weighted by molar-refractivity contribution is 7.92. The molecule has 28 heavy (non-hydrogen) atoms. The van der Waals surface area contributed by atoms with Crippen molar-refractivity contribution in [3.8, 4) is 5.75 Å². The van der Waals surface area contributed by atoms with Gasteiger partial charge < -0.3 is 10.5 Å². The number of sulfone groups is 1. The van der Waals surface area contributed by atoms with Crippen molar-refractivity contribution in [2.75, 3.05) is 12.4 Å². The van der Waals surface area contributed by atoms with Gasteiger partial charge in [0.1, 0.15) is 11.6 Å². The Morgan fingerprint density at radius 1 is 1.07 bits per heavy atom. The van der Waals surface area contributed by atoms with E-state index in [4.69, 9.17) is 10.5 Å². The molecule has 0 saturated heterocycles. The number of carbonyl (C=O) groups is 1. The zero-order valence-electron chi connectivity index (χ0n) is 16.0. The molecule has 154 valence electrons. The van der Waals surface area contributed by atoms with Crippen LogP contribution in [0.5, 0.6) is 5.75 Å². The number of hydrogen-bond acceptors (Lipinski definition) is 4. The minimum absolute atomic E-state index is 0.0969. The van der Waals surface area contributed by atoms with Gasteiger partial charge in [0, 0.05) is 6.07 Å². The van der Waals surface area contributed by atoms with Crippen LogP contribution in [-0.4, -0.2) is 31.9 Å². The lowest BCUT2D eigenvalue weighted by Crippen LogP contribution is -2.32. The number of amides is 1. The van der Waals surface area contributed by atoms with Gasteiger partial charge in [0.2, 0.25) is 0 Å². The molecular weight excluding hydrogens is 381 g/mol. The second kappa shape index (κ2) is 7.65. The van der Waals surface area contributed by atoms with E-state index in [0.29, 0.717) is 12.4 Å². The van der Waals surface area contributed by atoms with Crippen LogP contribution in [0.25, 0.3) is 0 Å². The molecule has 4 rings (SSSR count). The number of carbonyl (C=O) groups excluding carboxylic acids is 1. The first-order chi connectivity index (χ1) is 13.3. The Hall–Kier alpha value is -1.63. The van der Waals surface area contributed by atoms with Crippen molar-refractivity contribution in [3.63, 3.8) is 0 Å². The van der Waals surface area contributed by atoms with Gasteiger partial charge in [-0.05, 0) is 67.9 Å². The average Bonchev–Trinajstić information content (AvgIpc) is 3.53. The van der Waals surface area contributed by atoms with Gasteiger partial charge in [-0.15, -0.1) is 0 Å². The summed E-state index contributed by atoms with van der Waals surface area (Å²) in [6, 6.07) is 2.80. The summed E-state index contributed by atoms with van der Waals surface area (Å²) in [7, 11) is -3.00. The molecule has 0 bridgehead atoms. The first kappa shape index (κ1) is 19.7. The maximum Gasteiger partial charge on any atom is 0.251 e. The smallest absolute Gasteiger partial charge is 0.251 e. The van der Waals surface area contributed by atoms with Crippen molar-refractivity contribution in [2.24, 2.45) is 17.6 Å². The Morgan fingerprint density at radius 2 is 1.75 bits per heavy atom. The van der Waals surface area contributed by atoms with Gasteiger partial charge in [0.05, 0.1) is 23.2 Å². The summed E-state index contributed by atoms with van der Waals surface area (Å²) in [5.41, 5.74) is 6.02. The van der Waals surface area contributed by atoms with E-state index in [1.54, 1.807) is 0 Å². The Morgan fingerprint density at radius 3 is 2.36 bits per heavy atom. The minimum atomic E-state index is -3.00. The van der Waals surface area contributed by atoms with E-state index >= 15 is 0 Å². The number of benzene rings is 1. The van der Waals surface area contributed by atoms with Crippen molar-refractivity contribution in [2.45, 2.75) is 62.5 Å². The van der Waals surface area contributed by atoms with Crippen molar-refractivity contribution >= 4 is 15.7 Å². The lowest BCUT2D eigenvalue weighted by molar-refractivity contribution is 0.0996. The third-order valence-corrected chi connectivity index (χ3v) is 8.76. The molecule has 3 aliphatic rings. The van der Waals surface area contributed by atoms with Gasteiger partial charge in [0.25, 0.3) is 5.91 Å². The highest BCUT2D eigenvalue weighted by atomic mass is 32.2. The summed E-state index contributed by atoms with van der Waals surface area (Å²) in [6.45, 7) is 0.389. The van der Waals surface area contributed by atoms with Crippen LogP contribution in [0, 0.1) is 17.7 Å². The highest BCUT2D eigenvalue weighted by Gasteiger charge is 2.39. The maximum absolute atomic E-state index is 14.3. The standard InChI is InChI=1S/C21H28FNO4S/c22-19-10-20(17(13-5-6-13)9-18(19)21(23)24)27-11-14-3-1-2-4-15(14)12-28(25,26)16-7-8-16/h9-10,13-16H,1-8,11-12H2,(H2,23,24). The van der Waals surface area contributed by atoms with E-state index in [-0.39, 0.29) is 34.3 Å². The third kappa shape index (κ3) is 4.34. The fraction of sp³-hybridized carbons (Fsp3) is 0.667. The van der Waals surface area contributed by atoms with Crippen molar-refractivity contribution in [3.05, 3.63) is 29.1 Å². The number of ether oxygens (including phenoxy) is 1. The summed E-state index contributed by atoms with van der Waals surface area (Å²) in [4.78, 5) is 11.5. The number of hydrogen-bond donors (Lipinski definition) is 1. The lowest BCUT2D eigenvalue weighted by atomic mass is 9.81. The Balaban J connectivity index is 1.48. The van der Waals surface area contributed by atoms with Gasteiger partial charge >= 0.3 is 0 Å². The summed E-state index contributed by atoms with van der Waals surface area (Å²) in [5, 5.41) is -0.132. The first-order valence-electron chi connectivity index (χ1n) is 10.3.